The topological polar surface area (TPSA) is 42.4 Å². The minimum absolute atomic E-state index is 0.109. The molecule has 0 aliphatic heterocycles. The third kappa shape index (κ3) is 4.61. The van der Waals surface area contributed by atoms with E-state index in [1.54, 1.807) is 30.3 Å². The summed E-state index contributed by atoms with van der Waals surface area (Å²) in [5, 5.41) is 0.681. The van der Waals surface area contributed by atoms with Crippen LogP contribution in [0, 0.1) is 0 Å². The van der Waals surface area contributed by atoms with Gasteiger partial charge in [-0.2, -0.15) is 0 Å². The Morgan fingerprint density at radius 1 is 1.04 bits per heavy atom. The van der Waals surface area contributed by atoms with E-state index in [-0.39, 0.29) is 5.91 Å². The third-order valence-electron chi connectivity index (χ3n) is 3.90. The second-order valence-corrected chi connectivity index (χ2v) is 6.33. The summed E-state index contributed by atoms with van der Waals surface area (Å²) in [5.41, 5.74) is 2.35. The van der Waals surface area contributed by atoms with Gasteiger partial charge in [0.2, 0.25) is 0 Å². The fraction of sp³-hybridized carbons (Fsp3) is 0.143. The van der Waals surface area contributed by atoms with Gasteiger partial charge in [0.1, 0.15) is 12.4 Å². The van der Waals surface area contributed by atoms with Crippen LogP contribution in [0.2, 0.25) is 5.02 Å². The second-order valence-electron chi connectivity index (χ2n) is 5.89. The van der Waals surface area contributed by atoms with Crippen molar-refractivity contribution in [2.45, 2.75) is 13.2 Å². The van der Waals surface area contributed by atoms with E-state index >= 15 is 0 Å². The van der Waals surface area contributed by atoms with Crippen LogP contribution < -0.4 is 4.74 Å². The van der Waals surface area contributed by atoms with Gasteiger partial charge in [0, 0.05) is 18.3 Å². The standard InChI is InChI=1S/C21H19ClN2O2/c1-24(14-18-6-4-5-13-23-18)21(25)19-7-2-3-8-20(19)26-15-16-9-11-17(22)12-10-16/h2-13H,14-15H2,1H3. The molecule has 0 aliphatic rings. The predicted octanol–water partition coefficient (Wildman–Crippen LogP) is 4.59. The summed E-state index contributed by atoms with van der Waals surface area (Å²) in [7, 11) is 1.76. The Balaban J connectivity index is 1.71. The number of nitrogens with zero attached hydrogens (tertiary/aromatic N) is 2. The van der Waals surface area contributed by atoms with Crippen LogP contribution in [0.3, 0.4) is 0 Å². The van der Waals surface area contributed by atoms with Gasteiger partial charge in [0.15, 0.2) is 0 Å². The Labute approximate surface area is 158 Å². The zero-order valence-electron chi connectivity index (χ0n) is 14.4. The average Bonchev–Trinajstić information content (AvgIpc) is 2.68. The first-order valence-corrected chi connectivity index (χ1v) is 8.63. The molecule has 0 aliphatic carbocycles. The van der Waals surface area contributed by atoms with Gasteiger partial charge in [0.05, 0.1) is 17.8 Å². The van der Waals surface area contributed by atoms with Gasteiger partial charge in [-0.25, -0.2) is 0 Å². The summed E-state index contributed by atoms with van der Waals surface area (Å²) in [6, 6.07) is 20.4. The molecule has 1 heterocycles. The molecule has 132 valence electrons. The van der Waals surface area contributed by atoms with E-state index in [1.807, 2.05) is 54.6 Å². The summed E-state index contributed by atoms with van der Waals surface area (Å²) < 4.78 is 5.88. The molecule has 1 aromatic heterocycles. The number of hydrogen-bond donors (Lipinski definition) is 0. The van der Waals surface area contributed by atoms with E-state index < -0.39 is 0 Å². The number of benzene rings is 2. The lowest BCUT2D eigenvalue weighted by atomic mass is 10.1. The van der Waals surface area contributed by atoms with Crippen molar-refractivity contribution in [3.63, 3.8) is 0 Å². The van der Waals surface area contributed by atoms with Crippen molar-refractivity contribution in [2.24, 2.45) is 0 Å². The Kier molecular flexibility index (Phi) is 5.87. The average molecular weight is 367 g/mol. The number of halogens is 1. The minimum atomic E-state index is -0.109. The summed E-state index contributed by atoms with van der Waals surface area (Å²) >= 11 is 5.90. The predicted molar refractivity (Wildman–Crippen MR) is 102 cm³/mol. The molecule has 3 aromatic rings. The summed E-state index contributed by atoms with van der Waals surface area (Å²) in [4.78, 5) is 18.7. The number of carbonyl (C=O) groups is 1. The Morgan fingerprint density at radius 2 is 1.77 bits per heavy atom. The first kappa shape index (κ1) is 18.0. The smallest absolute Gasteiger partial charge is 0.257 e. The van der Waals surface area contributed by atoms with Crippen LogP contribution in [0.1, 0.15) is 21.6 Å². The van der Waals surface area contributed by atoms with E-state index in [9.17, 15) is 4.79 Å². The molecule has 0 radical (unpaired) electrons. The number of rotatable bonds is 6. The fourth-order valence-corrected chi connectivity index (χ4v) is 2.65. The van der Waals surface area contributed by atoms with Crippen molar-refractivity contribution in [3.05, 3.63) is 94.8 Å². The summed E-state index contributed by atoms with van der Waals surface area (Å²) in [5.74, 6) is 0.447. The maximum atomic E-state index is 12.8. The van der Waals surface area contributed by atoms with Crippen molar-refractivity contribution in [1.82, 2.24) is 9.88 Å². The fourth-order valence-electron chi connectivity index (χ4n) is 2.52. The highest BCUT2D eigenvalue weighted by molar-refractivity contribution is 6.30. The first-order chi connectivity index (χ1) is 12.6. The summed E-state index contributed by atoms with van der Waals surface area (Å²) in [6.45, 7) is 0.802. The number of hydrogen-bond acceptors (Lipinski definition) is 3. The molecule has 0 saturated carbocycles. The van der Waals surface area contributed by atoms with Gasteiger partial charge in [-0.15, -0.1) is 0 Å². The van der Waals surface area contributed by atoms with Crippen LogP contribution in [0.15, 0.2) is 72.9 Å². The number of para-hydroxylation sites is 1. The molecule has 0 spiro atoms. The number of pyridine rings is 1. The Hall–Kier alpha value is -2.85. The molecule has 0 atom stereocenters. The molecule has 1 amide bonds. The quantitative estimate of drug-likeness (QED) is 0.641. The molecule has 0 N–H and O–H groups in total. The Bertz CT molecular complexity index is 867. The molecule has 4 nitrogen and oxygen atoms in total. The monoisotopic (exact) mass is 366 g/mol. The highest BCUT2D eigenvalue weighted by Crippen LogP contribution is 2.22. The molecule has 26 heavy (non-hydrogen) atoms. The molecule has 0 fully saturated rings. The molecule has 2 aromatic carbocycles. The molecular weight excluding hydrogens is 348 g/mol. The molecule has 5 heteroatoms. The van der Waals surface area contributed by atoms with Crippen LogP contribution in [-0.2, 0) is 13.2 Å². The van der Waals surface area contributed by atoms with Gasteiger partial charge in [-0.05, 0) is 42.0 Å². The lowest BCUT2D eigenvalue weighted by Crippen LogP contribution is -2.27. The maximum absolute atomic E-state index is 12.8. The van der Waals surface area contributed by atoms with E-state index in [4.69, 9.17) is 16.3 Å². The Morgan fingerprint density at radius 3 is 2.50 bits per heavy atom. The highest BCUT2D eigenvalue weighted by atomic mass is 35.5. The van der Waals surface area contributed by atoms with Crippen LogP contribution in [-0.4, -0.2) is 22.8 Å². The summed E-state index contributed by atoms with van der Waals surface area (Å²) in [6.07, 6.45) is 1.72. The SMILES string of the molecule is CN(Cc1ccccn1)C(=O)c1ccccc1OCc1ccc(Cl)cc1. The molecule has 3 rings (SSSR count). The van der Waals surface area contributed by atoms with Crippen molar-refractivity contribution >= 4 is 17.5 Å². The van der Waals surface area contributed by atoms with Gasteiger partial charge in [0.25, 0.3) is 5.91 Å². The number of amides is 1. The van der Waals surface area contributed by atoms with Gasteiger partial charge < -0.3 is 9.64 Å². The van der Waals surface area contributed by atoms with E-state index in [0.29, 0.717) is 29.5 Å². The van der Waals surface area contributed by atoms with Crippen LogP contribution >= 0.6 is 11.6 Å². The zero-order valence-corrected chi connectivity index (χ0v) is 15.2. The lowest BCUT2D eigenvalue weighted by molar-refractivity contribution is 0.0778. The molecular formula is C21H19ClN2O2. The first-order valence-electron chi connectivity index (χ1n) is 8.25. The van der Waals surface area contributed by atoms with Crippen molar-refractivity contribution in [3.8, 4) is 5.75 Å². The maximum Gasteiger partial charge on any atom is 0.257 e. The van der Waals surface area contributed by atoms with Crippen LogP contribution in [0.25, 0.3) is 0 Å². The highest BCUT2D eigenvalue weighted by Gasteiger charge is 2.17. The zero-order chi connectivity index (χ0) is 18.4. The third-order valence-corrected chi connectivity index (χ3v) is 4.15. The van der Waals surface area contributed by atoms with E-state index in [1.165, 1.54) is 0 Å². The normalized spacial score (nSPS) is 10.4. The number of ether oxygens (including phenoxy) is 1. The number of aromatic nitrogens is 1. The van der Waals surface area contributed by atoms with E-state index in [2.05, 4.69) is 4.98 Å². The van der Waals surface area contributed by atoms with Crippen molar-refractivity contribution in [1.29, 1.82) is 0 Å². The van der Waals surface area contributed by atoms with Gasteiger partial charge in [-0.1, -0.05) is 41.9 Å². The van der Waals surface area contributed by atoms with Crippen molar-refractivity contribution < 1.29 is 9.53 Å². The number of carbonyl (C=O) groups excluding carboxylic acids is 1. The molecule has 0 saturated heterocycles. The van der Waals surface area contributed by atoms with Crippen LogP contribution in [0.4, 0.5) is 0 Å². The van der Waals surface area contributed by atoms with Gasteiger partial charge >= 0.3 is 0 Å². The minimum Gasteiger partial charge on any atom is -0.488 e. The largest absolute Gasteiger partial charge is 0.488 e. The van der Waals surface area contributed by atoms with E-state index in [0.717, 1.165) is 11.3 Å². The van der Waals surface area contributed by atoms with Gasteiger partial charge in [-0.3, -0.25) is 9.78 Å². The molecule has 0 bridgehead atoms. The van der Waals surface area contributed by atoms with Crippen LogP contribution in [0.5, 0.6) is 5.75 Å². The molecule has 0 unspecified atom stereocenters. The second kappa shape index (κ2) is 8.50. The lowest BCUT2D eigenvalue weighted by Gasteiger charge is -2.19. The van der Waals surface area contributed by atoms with Crippen molar-refractivity contribution in [2.75, 3.05) is 7.05 Å².